The fourth-order valence-corrected chi connectivity index (χ4v) is 4.49. The third-order valence-electron chi connectivity index (χ3n) is 6.46. The number of rotatable bonds is 8. The smallest absolute Gasteiger partial charge is 0.327 e. The highest BCUT2D eigenvalue weighted by Crippen LogP contribution is 2.40. The summed E-state index contributed by atoms with van der Waals surface area (Å²) in [7, 11) is 0. The molecular formula is C23H31N3O4. The molecule has 0 aromatic heterocycles. The average Bonchev–Trinajstić information content (AvgIpc) is 3.57. The van der Waals surface area contributed by atoms with Crippen molar-refractivity contribution in [3.63, 3.8) is 0 Å². The van der Waals surface area contributed by atoms with Gasteiger partial charge in [-0.25, -0.2) is 4.79 Å². The van der Waals surface area contributed by atoms with E-state index in [2.05, 4.69) is 0 Å². The fraction of sp³-hybridized carbons (Fsp3) is 0.609. The van der Waals surface area contributed by atoms with E-state index in [9.17, 15) is 14.4 Å². The van der Waals surface area contributed by atoms with Crippen LogP contribution in [0.15, 0.2) is 30.3 Å². The van der Waals surface area contributed by atoms with E-state index in [1.54, 1.807) is 9.80 Å². The lowest BCUT2D eigenvalue weighted by Gasteiger charge is -2.42. The Hall–Kier alpha value is -2.41. The predicted molar refractivity (Wildman–Crippen MR) is 111 cm³/mol. The highest BCUT2D eigenvalue weighted by Gasteiger charge is 2.58. The van der Waals surface area contributed by atoms with Crippen LogP contribution in [0, 0.1) is 5.92 Å². The number of benzene rings is 1. The van der Waals surface area contributed by atoms with Gasteiger partial charge in [0.2, 0.25) is 5.91 Å². The molecule has 7 heteroatoms. The van der Waals surface area contributed by atoms with Crippen LogP contribution in [0.5, 0.6) is 0 Å². The minimum absolute atomic E-state index is 0.0421. The highest BCUT2D eigenvalue weighted by molar-refractivity contribution is 6.07. The van der Waals surface area contributed by atoms with Crippen LogP contribution in [0.1, 0.15) is 44.6 Å². The first-order valence-electron chi connectivity index (χ1n) is 11.1. The van der Waals surface area contributed by atoms with Gasteiger partial charge in [-0.3, -0.25) is 14.5 Å². The van der Waals surface area contributed by atoms with Gasteiger partial charge in [0.1, 0.15) is 12.1 Å². The van der Waals surface area contributed by atoms with Crippen molar-refractivity contribution in [2.75, 3.05) is 32.8 Å². The van der Waals surface area contributed by atoms with Crippen LogP contribution in [0.2, 0.25) is 0 Å². The Morgan fingerprint density at radius 2 is 1.83 bits per heavy atom. The summed E-state index contributed by atoms with van der Waals surface area (Å²) in [5.41, 5.74) is 0.167. The van der Waals surface area contributed by atoms with Gasteiger partial charge in [0.15, 0.2) is 0 Å². The molecule has 1 aliphatic carbocycles. The largest absolute Gasteiger partial charge is 0.372 e. The molecule has 30 heavy (non-hydrogen) atoms. The molecule has 1 saturated carbocycles. The number of hydrogen-bond donors (Lipinski definition) is 0. The van der Waals surface area contributed by atoms with Crippen molar-refractivity contribution in [3.8, 4) is 0 Å². The van der Waals surface area contributed by atoms with Gasteiger partial charge in [-0.15, -0.1) is 0 Å². The normalized spacial score (nSPS) is 21.0. The van der Waals surface area contributed by atoms with Crippen LogP contribution in [0.4, 0.5) is 4.79 Å². The molecule has 1 aromatic carbocycles. The van der Waals surface area contributed by atoms with E-state index in [4.69, 9.17) is 4.74 Å². The van der Waals surface area contributed by atoms with Crippen molar-refractivity contribution in [2.24, 2.45) is 5.92 Å². The van der Waals surface area contributed by atoms with Crippen molar-refractivity contribution in [2.45, 2.75) is 51.1 Å². The molecule has 0 radical (unpaired) electrons. The van der Waals surface area contributed by atoms with Crippen LogP contribution in [0.25, 0.3) is 0 Å². The number of hydrogen-bond acceptors (Lipinski definition) is 4. The molecule has 1 aromatic rings. The average molecular weight is 414 g/mol. The van der Waals surface area contributed by atoms with E-state index in [0.717, 1.165) is 24.8 Å². The first kappa shape index (κ1) is 20.8. The number of piperidine rings is 1. The second-order valence-corrected chi connectivity index (χ2v) is 8.68. The SMILES string of the molecule is CCCOCC(=O)N1CCC2(CC1)C(=O)N(CC1CC1)C(=O)N2Cc1ccccc1. The van der Waals surface area contributed by atoms with Crippen molar-refractivity contribution < 1.29 is 19.1 Å². The molecule has 0 N–H and O–H groups in total. The molecule has 4 rings (SSSR count). The summed E-state index contributed by atoms with van der Waals surface area (Å²) < 4.78 is 5.39. The Kier molecular flexibility index (Phi) is 6.09. The zero-order chi connectivity index (χ0) is 21.1. The van der Waals surface area contributed by atoms with E-state index in [1.807, 2.05) is 37.3 Å². The van der Waals surface area contributed by atoms with Gasteiger partial charge in [-0.05, 0) is 43.6 Å². The molecule has 162 valence electrons. The molecule has 3 aliphatic rings. The maximum absolute atomic E-state index is 13.5. The fourth-order valence-electron chi connectivity index (χ4n) is 4.49. The van der Waals surface area contributed by atoms with Crippen molar-refractivity contribution >= 4 is 17.8 Å². The quantitative estimate of drug-likeness (QED) is 0.485. The molecule has 1 spiro atoms. The van der Waals surface area contributed by atoms with Crippen LogP contribution < -0.4 is 0 Å². The summed E-state index contributed by atoms with van der Waals surface area (Å²) in [5.74, 6) is 0.327. The Balaban J connectivity index is 1.50. The van der Waals surface area contributed by atoms with Gasteiger partial charge in [-0.1, -0.05) is 37.3 Å². The standard InChI is InChI=1S/C23H31N3O4/c1-2-14-30-17-20(27)24-12-10-23(11-13-24)21(28)25(15-19-8-9-19)22(29)26(23)16-18-6-4-3-5-7-18/h3-7,19H,2,8-17H2,1H3. The molecule has 2 heterocycles. The van der Waals surface area contributed by atoms with Gasteiger partial charge < -0.3 is 14.5 Å². The summed E-state index contributed by atoms with van der Waals surface area (Å²) in [5, 5.41) is 0. The Bertz CT molecular complexity index is 785. The van der Waals surface area contributed by atoms with Crippen molar-refractivity contribution in [3.05, 3.63) is 35.9 Å². The van der Waals surface area contributed by atoms with Gasteiger partial charge in [0.25, 0.3) is 5.91 Å². The Morgan fingerprint density at radius 3 is 2.47 bits per heavy atom. The number of carbonyl (C=O) groups is 3. The molecular weight excluding hydrogens is 382 g/mol. The van der Waals surface area contributed by atoms with E-state index in [-0.39, 0.29) is 24.5 Å². The topological polar surface area (TPSA) is 70.2 Å². The molecule has 4 amide bonds. The third-order valence-corrected chi connectivity index (χ3v) is 6.46. The number of nitrogens with zero attached hydrogens (tertiary/aromatic N) is 3. The van der Waals surface area contributed by atoms with Crippen LogP contribution >= 0.6 is 0 Å². The second-order valence-electron chi connectivity index (χ2n) is 8.68. The summed E-state index contributed by atoms with van der Waals surface area (Å²) in [6.45, 7) is 4.53. The number of amides is 4. The summed E-state index contributed by atoms with van der Waals surface area (Å²) in [6, 6.07) is 9.63. The van der Waals surface area contributed by atoms with E-state index in [0.29, 0.717) is 51.5 Å². The van der Waals surface area contributed by atoms with Gasteiger partial charge >= 0.3 is 6.03 Å². The molecule has 0 unspecified atom stereocenters. The summed E-state index contributed by atoms with van der Waals surface area (Å²) >= 11 is 0. The minimum atomic E-state index is -0.844. The number of imide groups is 1. The zero-order valence-electron chi connectivity index (χ0n) is 17.7. The summed E-state index contributed by atoms with van der Waals surface area (Å²) in [4.78, 5) is 44.2. The number of urea groups is 1. The minimum Gasteiger partial charge on any atom is -0.372 e. The van der Waals surface area contributed by atoms with Gasteiger partial charge in [0, 0.05) is 32.8 Å². The van der Waals surface area contributed by atoms with Gasteiger partial charge in [0.05, 0.1) is 0 Å². The van der Waals surface area contributed by atoms with E-state index >= 15 is 0 Å². The molecule has 0 bridgehead atoms. The lowest BCUT2D eigenvalue weighted by molar-refractivity contribution is -0.143. The lowest BCUT2D eigenvalue weighted by Crippen LogP contribution is -2.57. The van der Waals surface area contributed by atoms with E-state index in [1.165, 1.54) is 4.90 Å². The summed E-state index contributed by atoms with van der Waals surface area (Å²) in [6.07, 6.45) is 4.00. The first-order valence-corrected chi connectivity index (χ1v) is 11.1. The molecule has 2 saturated heterocycles. The zero-order valence-corrected chi connectivity index (χ0v) is 17.7. The second kappa shape index (κ2) is 8.76. The first-order chi connectivity index (χ1) is 14.5. The Morgan fingerprint density at radius 1 is 1.13 bits per heavy atom. The lowest BCUT2D eigenvalue weighted by atomic mass is 9.85. The maximum Gasteiger partial charge on any atom is 0.327 e. The molecule has 0 atom stereocenters. The van der Waals surface area contributed by atoms with E-state index < -0.39 is 5.54 Å². The van der Waals surface area contributed by atoms with Crippen molar-refractivity contribution in [1.82, 2.24) is 14.7 Å². The Labute approximate surface area is 177 Å². The highest BCUT2D eigenvalue weighted by atomic mass is 16.5. The van der Waals surface area contributed by atoms with Gasteiger partial charge in [-0.2, -0.15) is 0 Å². The van der Waals surface area contributed by atoms with Crippen LogP contribution in [0.3, 0.4) is 0 Å². The van der Waals surface area contributed by atoms with Crippen LogP contribution in [-0.4, -0.2) is 70.9 Å². The predicted octanol–water partition coefficient (Wildman–Crippen LogP) is 2.65. The van der Waals surface area contributed by atoms with Crippen LogP contribution in [-0.2, 0) is 20.9 Å². The number of likely N-dealkylation sites (tertiary alicyclic amines) is 1. The monoisotopic (exact) mass is 413 g/mol. The number of carbonyl (C=O) groups excluding carboxylic acids is 3. The molecule has 3 fully saturated rings. The number of ether oxygens (including phenoxy) is 1. The molecule has 2 aliphatic heterocycles. The third kappa shape index (κ3) is 4.08. The maximum atomic E-state index is 13.5. The molecule has 7 nitrogen and oxygen atoms in total. The van der Waals surface area contributed by atoms with Crippen molar-refractivity contribution in [1.29, 1.82) is 0 Å².